The van der Waals surface area contributed by atoms with Crippen LogP contribution in [0.15, 0.2) is 0 Å². The van der Waals surface area contributed by atoms with Crippen molar-refractivity contribution in [2.75, 3.05) is 12.0 Å². The van der Waals surface area contributed by atoms with Crippen LogP contribution in [0.1, 0.15) is 31.4 Å². The molecule has 0 radical (unpaired) electrons. The van der Waals surface area contributed by atoms with Gasteiger partial charge < -0.3 is 4.57 Å². The number of nitrogens with zero attached hydrogens (tertiary/aromatic N) is 4. The van der Waals surface area contributed by atoms with Gasteiger partial charge in [0.25, 0.3) is 0 Å². The lowest BCUT2D eigenvalue weighted by molar-refractivity contribution is 0.575. The van der Waals surface area contributed by atoms with Gasteiger partial charge in [0.05, 0.1) is 11.6 Å². The normalized spacial score (nSPS) is 15.0. The quantitative estimate of drug-likeness (QED) is 0.794. The van der Waals surface area contributed by atoms with Gasteiger partial charge in [-0.2, -0.15) is 5.10 Å². The lowest BCUT2D eigenvalue weighted by atomic mass is 10.3. The number of hydrogen-bond acceptors (Lipinski definition) is 3. The number of halogens is 1. The third kappa shape index (κ3) is 2.56. The SMILES string of the molecule is CCc1nn(C)c2c1nc(CCl)n2C(C)CS(C)=O. The van der Waals surface area contributed by atoms with Crippen molar-refractivity contribution >= 4 is 33.6 Å². The molecule has 0 bridgehead atoms. The monoisotopic (exact) mass is 302 g/mol. The van der Waals surface area contributed by atoms with Crippen LogP contribution >= 0.6 is 11.6 Å². The Kier molecular flexibility index (Phi) is 4.30. The number of alkyl halides is 1. The summed E-state index contributed by atoms with van der Waals surface area (Å²) < 4.78 is 15.4. The van der Waals surface area contributed by atoms with Gasteiger partial charge in [-0.05, 0) is 13.3 Å². The molecule has 2 aromatic heterocycles. The summed E-state index contributed by atoms with van der Waals surface area (Å²) in [6.07, 6.45) is 2.55. The Bertz CT molecular complexity index is 619. The van der Waals surface area contributed by atoms with Crippen molar-refractivity contribution in [3.63, 3.8) is 0 Å². The Labute approximate surface area is 120 Å². The molecule has 0 saturated carbocycles. The zero-order chi connectivity index (χ0) is 14.2. The molecule has 5 nitrogen and oxygen atoms in total. The average Bonchev–Trinajstić information content (AvgIpc) is 2.86. The van der Waals surface area contributed by atoms with Crippen LogP contribution in [0.2, 0.25) is 0 Å². The van der Waals surface area contributed by atoms with Gasteiger partial charge in [-0.1, -0.05) is 6.92 Å². The van der Waals surface area contributed by atoms with E-state index in [4.69, 9.17) is 11.6 Å². The summed E-state index contributed by atoms with van der Waals surface area (Å²) in [5.74, 6) is 1.75. The smallest absolute Gasteiger partial charge is 0.158 e. The molecule has 2 atom stereocenters. The highest BCUT2D eigenvalue weighted by Gasteiger charge is 2.21. The van der Waals surface area contributed by atoms with Gasteiger partial charge in [0.1, 0.15) is 11.3 Å². The number of aromatic nitrogens is 4. The summed E-state index contributed by atoms with van der Waals surface area (Å²) in [5, 5.41) is 4.48. The molecule has 0 aliphatic carbocycles. The second kappa shape index (κ2) is 5.63. The molecule has 0 N–H and O–H groups in total. The van der Waals surface area contributed by atoms with E-state index >= 15 is 0 Å². The van der Waals surface area contributed by atoms with Crippen LogP contribution in [-0.2, 0) is 30.1 Å². The number of fused-ring (bicyclic) bond motifs is 1. The average molecular weight is 303 g/mol. The number of hydrogen-bond donors (Lipinski definition) is 0. The molecule has 0 fully saturated rings. The second-order valence-electron chi connectivity index (χ2n) is 4.72. The largest absolute Gasteiger partial charge is 0.308 e. The summed E-state index contributed by atoms with van der Waals surface area (Å²) in [6.45, 7) is 4.10. The standard InChI is InChI=1S/C12H19ClN4OS/c1-5-9-11-12(16(3)15-9)17(10(6-13)14-11)8(2)7-19(4)18/h8H,5-7H2,1-4H3. The van der Waals surface area contributed by atoms with E-state index < -0.39 is 10.8 Å². The van der Waals surface area contributed by atoms with E-state index in [0.29, 0.717) is 11.6 Å². The molecule has 0 saturated heterocycles. The molecule has 0 spiro atoms. The minimum Gasteiger partial charge on any atom is -0.308 e. The Hall–Kier alpha value is -0.880. The fraction of sp³-hybridized carbons (Fsp3) is 0.667. The molecule has 0 amide bonds. The second-order valence-corrected chi connectivity index (χ2v) is 6.46. The third-order valence-corrected chi connectivity index (χ3v) is 4.37. The van der Waals surface area contributed by atoms with Crippen LogP contribution < -0.4 is 0 Å². The fourth-order valence-corrected chi connectivity index (χ4v) is 3.47. The van der Waals surface area contributed by atoms with Gasteiger partial charge in [-0.3, -0.25) is 8.89 Å². The molecule has 106 valence electrons. The van der Waals surface area contributed by atoms with Crippen LogP contribution in [0.5, 0.6) is 0 Å². The topological polar surface area (TPSA) is 52.7 Å². The van der Waals surface area contributed by atoms with Crippen LogP contribution in [0.25, 0.3) is 11.2 Å². The summed E-state index contributed by atoms with van der Waals surface area (Å²) >= 11 is 6.00. The number of rotatable bonds is 5. The van der Waals surface area contributed by atoms with Crippen molar-refractivity contribution < 1.29 is 4.21 Å². The molecule has 2 aromatic rings. The molecule has 2 unspecified atom stereocenters. The van der Waals surface area contributed by atoms with Crippen molar-refractivity contribution in [2.24, 2.45) is 7.05 Å². The van der Waals surface area contributed by atoms with Gasteiger partial charge in [0, 0.05) is 35.9 Å². The Morgan fingerprint density at radius 1 is 1.47 bits per heavy atom. The van der Waals surface area contributed by atoms with Crippen LogP contribution in [0.4, 0.5) is 0 Å². The summed E-state index contributed by atoms with van der Waals surface area (Å²) in [5.41, 5.74) is 2.85. The minimum atomic E-state index is -0.856. The van der Waals surface area contributed by atoms with E-state index in [2.05, 4.69) is 21.6 Å². The highest BCUT2D eigenvalue weighted by molar-refractivity contribution is 7.84. The van der Waals surface area contributed by atoms with Gasteiger partial charge in [-0.25, -0.2) is 4.98 Å². The maximum atomic E-state index is 11.5. The van der Waals surface area contributed by atoms with Crippen molar-refractivity contribution in [3.05, 3.63) is 11.5 Å². The Morgan fingerprint density at radius 2 is 2.16 bits per heavy atom. The van der Waals surface area contributed by atoms with E-state index in [1.807, 2.05) is 18.7 Å². The number of imidazole rings is 1. The van der Waals surface area contributed by atoms with E-state index in [-0.39, 0.29) is 6.04 Å². The molecule has 7 heteroatoms. The van der Waals surface area contributed by atoms with Gasteiger partial charge in [-0.15, -0.1) is 11.6 Å². The lowest BCUT2D eigenvalue weighted by Crippen LogP contribution is -2.16. The van der Waals surface area contributed by atoms with E-state index in [0.717, 1.165) is 29.1 Å². The van der Waals surface area contributed by atoms with E-state index in [1.165, 1.54) is 0 Å². The van der Waals surface area contributed by atoms with E-state index in [9.17, 15) is 4.21 Å². The first-order valence-electron chi connectivity index (χ1n) is 6.28. The van der Waals surface area contributed by atoms with Gasteiger partial charge in [0.15, 0.2) is 5.65 Å². The summed E-state index contributed by atoms with van der Waals surface area (Å²) in [7, 11) is 1.05. The van der Waals surface area contributed by atoms with Crippen molar-refractivity contribution in [3.8, 4) is 0 Å². The maximum absolute atomic E-state index is 11.5. The zero-order valence-corrected chi connectivity index (χ0v) is 13.3. The third-order valence-electron chi connectivity index (χ3n) is 3.18. The van der Waals surface area contributed by atoms with Crippen molar-refractivity contribution in [2.45, 2.75) is 32.2 Å². The Balaban J connectivity index is 2.63. The van der Waals surface area contributed by atoms with Gasteiger partial charge in [0.2, 0.25) is 0 Å². The van der Waals surface area contributed by atoms with Crippen LogP contribution in [-0.4, -0.2) is 35.5 Å². The van der Waals surface area contributed by atoms with Crippen LogP contribution in [0.3, 0.4) is 0 Å². The highest BCUT2D eigenvalue weighted by Crippen LogP contribution is 2.25. The fourth-order valence-electron chi connectivity index (χ4n) is 2.46. The molecule has 0 aliphatic heterocycles. The molecule has 19 heavy (non-hydrogen) atoms. The van der Waals surface area contributed by atoms with Crippen molar-refractivity contribution in [1.82, 2.24) is 19.3 Å². The first-order chi connectivity index (χ1) is 8.99. The first-order valence-corrected chi connectivity index (χ1v) is 8.54. The summed E-state index contributed by atoms with van der Waals surface area (Å²) in [6, 6.07) is 0.0877. The minimum absolute atomic E-state index is 0.0877. The first kappa shape index (κ1) is 14.5. The molecular formula is C12H19ClN4OS. The number of aryl methyl sites for hydroxylation is 2. The predicted octanol–water partition coefficient (Wildman–Crippen LogP) is 2.01. The molecule has 2 rings (SSSR count). The molecular weight excluding hydrogens is 284 g/mol. The molecule has 2 heterocycles. The summed E-state index contributed by atoms with van der Waals surface area (Å²) in [4.78, 5) is 4.60. The zero-order valence-electron chi connectivity index (χ0n) is 11.7. The van der Waals surface area contributed by atoms with E-state index in [1.54, 1.807) is 6.26 Å². The predicted molar refractivity (Wildman–Crippen MR) is 79.1 cm³/mol. The van der Waals surface area contributed by atoms with Crippen molar-refractivity contribution in [1.29, 1.82) is 0 Å². The Morgan fingerprint density at radius 3 is 2.68 bits per heavy atom. The maximum Gasteiger partial charge on any atom is 0.158 e. The molecule has 0 aliphatic rings. The van der Waals surface area contributed by atoms with Gasteiger partial charge >= 0.3 is 0 Å². The highest BCUT2D eigenvalue weighted by atomic mass is 35.5. The molecule has 0 aromatic carbocycles. The van der Waals surface area contributed by atoms with Crippen LogP contribution in [0, 0.1) is 0 Å². The lowest BCUT2D eigenvalue weighted by Gasteiger charge is -2.15.